The SMILES string of the molecule is CN(C)C(=O)c1ccc(N2CCC(C3CC[N+]4(CC3)C(=O)C(C)(c3ccccc3)C4(F)F)CC2)cc1Cl. The van der Waals surface area contributed by atoms with Gasteiger partial charge in [-0.05, 0) is 55.4 Å². The Kier molecular flexibility index (Phi) is 6.60. The second kappa shape index (κ2) is 9.35. The molecule has 8 heteroatoms. The van der Waals surface area contributed by atoms with E-state index < -0.39 is 15.9 Å². The van der Waals surface area contributed by atoms with Crippen molar-refractivity contribution in [1.82, 2.24) is 4.90 Å². The van der Waals surface area contributed by atoms with Gasteiger partial charge in [0.15, 0.2) is 0 Å². The Bertz CT molecular complexity index is 1190. The van der Waals surface area contributed by atoms with Crippen LogP contribution in [0, 0.1) is 11.8 Å². The van der Waals surface area contributed by atoms with Gasteiger partial charge in [-0.15, -0.1) is 8.78 Å². The predicted octanol–water partition coefficient (Wildman–Crippen LogP) is 5.58. The maximum atomic E-state index is 15.7. The molecule has 1 unspecified atom stereocenters. The van der Waals surface area contributed by atoms with Gasteiger partial charge in [0.05, 0.1) is 23.7 Å². The number of carbonyl (C=O) groups excluding carboxylic acids is 2. The average Bonchev–Trinajstić information content (AvgIpc) is 2.92. The average molecular weight is 531 g/mol. The van der Waals surface area contributed by atoms with E-state index in [0.29, 0.717) is 40.8 Å². The monoisotopic (exact) mass is 530 g/mol. The number of carbonyl (C=O) groups is 2. The van der Waals surface area contributed by atoms with Gasteiger partial charge in [0, 0.05) is 45.7 Å². The molecule has 198 valence electrons. The topological polar surface area (TPSA) is 40.6 Å². The van der Waals surface area contributed by atoms with Crippen LogP contribution < -0.4 is 4.90 Å². The van der Waals surface area contributed by atoms with E-state index in [1.54, 1.807) is 50.5 Å². The first-order chi connectivity index (χ1) is 17.5. The van der Waals surface area contributed by atoms with Crippen LogP contribution in [0.15, 0.2) is 48.5 Å². The molecule has 3 fully saturated rings. The molecular formula is C29H35ClF2N3O2+. The maximum Gasteiger partial charge on any atom is 0.420 e. The van der Waals surface area contributed by atoms with Crippen molar-refractivity contribution >= 4 is 29.1 Å². The van der Waals surface area contributed by atoms with Crippen LogP contribution in [0.3, 0.4) is 0 Å². The van der Waals surface area contributed by atoms with E-state index >= 15 is 8.78 Å². The molecule has 3 heterocycles. The summed E-state index contributed by atoms with van der Waals surface area (Å²) in [7, 11) is 3.40. The minimum Gasteiger partial charge on any atom is -0.371 e. The third kappa shape index (κ3) is 3.88. The molecule has 3 aliphatic rings. The Morgan fingerprint density at radius 3 is 2.14 bits per heavy atom. The van der Waals surface area contributed by atoms with Gasteiger partial charge in [0.1, 0.15) is 0 Å². The van der Waals surface area contributed by atoms with Gasteiger partial charge in [-0.1, -0.05) is 41.9 Å². The summed E-state index contributed by atoms with van der Waals surface area (Å²) < 4.78 is 30.8. The Morgan fingerprint density at radius 2 is 1.59 bits per heavy atom. The van der Waals surface area contributed by atoms with Gasteiger partial charge in [-0.25, -0.2) is 4.79 Å². The summed E-state index contributed by atoms with van der Waals surface area (Å²) in [6.45, 7) is 3.57. The molecule has 2 aromatic carbocycles. The van der Waals surface area contributed by atoms with Gasteiger partial charge in [0.25, 0.3) is 5.91 Å². The van der Waals surface area contributed by atoms with Crippen molar-refractivity contribution in [1.29, 1.82) is 0 Å². The number of β-lactam (4-membered cyclic amide) rings is 1. The molecule has 5 nitrogen and oxygen atoms in total. The molecule has 0 saturated carbocycles. The van der Waals surface area contributed by atoms with Crippen LogP contribution in [-0.2, 0) is 10.2 Å². The highest BCUT2D eigenvalue weighted by Gasteiger charge is 2.85. The van der Waals surface area contributed by atoms with Crippen molar-refractivity contribution in [2.45, 2.75) is 44.1 Å². The van der Waals surface area contributed by atoms with Gasteiger partial charge in [0.2, 0.25) is 5.41 Å². The minimum absolute atomic E-state index is 0.122. The summed E-state index contributed by atoms with van der Waals surface area (Å²) in [5.41, 5.74) is 0.145. The van der Waals surface area contributed by atoms with Crippen molar-refractivity contribution in [2.24, 2.45) is 11.8 Å². The Morgan fingerprint density at radius 1 is 1.00 bits per heavy atom. The first-order valence-corrected chi connectivity index (χ1v) is 13.5. The molecule has 1 atom stereocenters. The number of nitrogens with zero attached hydrogens (tertiary/aromatic N) is 3. The van der Waals surface area contributed by atoms with Crippen molar-refractivity contribution in [3.63, 3.8) is 0 Å². The number of alkyl halides is 2. The predicted molar refractivity (Wildman–Crippen MR) is 141 cm³/mol. The molecule has 0 N–H and O–H groups in total. The lowest BCUT2D eigenvalue weighted by Crippen LogP contribution is -2.87. The van der Waals surface area contributed by atoms with Gasteiger partial charge < -0.3 is 9.80 Å². The zero-order valence-corrected chi connectivity index (χ0v) is 22.5. The van der Waals surface area contributed by atoms with Gasteiger partial charge in [-0.2, -0.15) is 4.48 Å². The number of quaternary nitrogens is 1. The van der Waals surface area contributed by atoms with Crippen molar-refractivity contribution < 1.29 is 22.9 Å². The fourth-order valence-corrected chi connectivity index (χ4v) is 7.11. The van der Waals surface area contributed by atoms with Crippen LogP contribution in [0.5, 0.6) is 0 Å². The van der Waals surface area contributed by atoms with E-state index in [1.165, 1.54) is 11.8 Å². The molecule has 5 rings (SSSR count). The summed E-state index contributed by atoms with van der Waals surface area (Å²) in [4.78, 5) is 29.4. The van der Waals surface area contributed by atoms with Gasteiger partial charge >= 0.3 is 12.0 Å². The first kappa shape index (κ1) is 26.1. The van der Waals surface area contributed by atoms with E-state index in [0.717, 1.165) is 31.6 Å². The normalized spacial score (nSPS) is 29.7. The number of halogens is 3. The highest BCUT2D eigenvalue weighted by atomic mass is 35.5. The highest BCUT2D eigenvalue weighted by molar-refractivity contribution is 6.34. The molecule has 37 heavy (non-hydrogen) atoms. The summed E-state index contributed by atoms with van der Waals surface area (Å²) in [6.07, 6.45) is 3.27. The number of piperidine rings is 2. The number of hydrogen-bond donors (Lipinski definition) is 0. The van der Waals surface area contributed by atoms with E-state index in [4.69, 9.17) is 11.6 Å². The second-order valence-electron chi connectivity index (χ2n) is 11.3. The Labute approximate surface area is 222 Å². The summed E-state index contributed by atoms with van der Waals surface area (Å²) in [5, 5.41) is 0.447. The van der Waals surface area contributed by atoms with Crippen LogP contribution in [0.4, 0.5) is 14.5 Å². The Balaban J connectivity index is 1.20. The lowest BCUT2D eigenvalue weighted by atomic mass is 9.66. The molecule has 0 aliphatic carbocycles. The van der Waals surface area contributed by atoms with Crippen molar-refractivity contribution in [3.8, 4) is 0 Å². The van der Waals surface area contributed by atoms with E-state index in [-0.39, 0.29) is 24.9 Å². The molecule has 0 bridgehead atoms. The molecule has 3 aliphatic heterocycles. The molecule has 1 spiro atoms. The highest BCUT2D eigenvalue weighted by Crippen LogP contribution is 2.59. The van der Waals surface area contributed by atoms with Crippen LogP contribution in [0.2, 0.25) is 5.02 Å². The molecular weight excluding hydrogens is 496 g/mol. The van der Waals surface area contributed by atoms with Crippen LogP contribution >= 0.6 is 11.6 Å². The summed E-state index contributed by atoms with van der Waals surface area (Å²) in [5.74, 6) is 0.363. The smallest absolute Gasteiger partial charge is 0.371 e. The molecule has 2 aromatic rings. The minimum atomic E-state index is -3.10. The van der Waals surface area contributed by atoms with E-state index in [1.807, 2.05) is 12.1 Å². The number of anilines is 1. The van der Waals surface area contributed by atoms with Crippen LogP contribution in [0.1, 0.15) is 48.5 Å². The van der Waals surface area contributed by atoms with Crippen LogP contribution in [-0.4, -0.2) is 67.5 Å². The number of amides is 2. The lowest BCUT2D eigenvalue weighted by molar-refractivity contribution is -0.989. The second-order valence-corrected chi connectivity index (χ2v) is 11.7. The standard InChI is InChI=1S/C29H35ClF2N3O2/c1-28(22-7-5-4-6-8-22)27(37)35(29(28,31)32)17-13-21(14-18-35)20-11-15-34(16-12-20)23-9-10-24(25(30)19-23)26(36)33(2)3/h4-10,19-21H,11-18H2,1-3H3/q+1. The number of rotatable bonds is 4. The van der Waals surface area contributed by atoms with E-state index in [9.17, 15) is 9.59 Å². The van der Waals surface area contributed by atoms with Crippen molar-refractivity contribution in [2.75, 3.05) is 45.2 Å². The molecule has 0 radical (unpaired) electrons. The summed E-state index contributed by atoms with van der Waals surface area (Å²) >= 11 is 6.41. The maximum absolute atomic E-state index is 15.7. The fraction of sp³-hybridized carbons (Fsp3) is 0.517. The van der Waals surface area contributed by atoms with Gasteiger partial charge in [-0.3, -0.25) is 4.79 Å². The van der Waals surface area contributed by atoms with Crippen molar-refractivity contribution in [3.05, 3.63) is 64.7 Å². The van der Waals surface area contributed by atoms with Crippen LogP contribution in [0.25, 0.3) is 0 Å². The largest absolute Gasteiger partial charge is 0.420 e. The Hall–Kier alpha value is -2.51. The lowest BCUT2D eigenvalue weighted by Gasteiger charge is -2.60. The zero-order chi connectivity index (χ0) is 26.6. The number of hydrogen-bond acceptors (Lipinski definition) is 3. The van der Waals surface area contributed by atoms with E-state index in [2.05, 4.69) is 4.90 Å². The summed E-state index contributed by atoms with van der Waals surface area (Å²) in [6, 6.07) is 11.0. The molecule has 2 amide bonds. The fourth-order valence-electron chi connectivity index (χ4n) is 6.86. The third-order valence-electron chi connectivity index (χ3n) is 9.23. The molecule has 3 saturated heterocycles. The third-order valence-corrected chi connectivity index (χ3v) is 9.54. The zero-order valence-electron chi connectivity index (χ0n) is 21.7. The molecule has 0 aromatic heterocycles. The first-order valence-electron chi connectivity index (χ1n) is 13.1. The quantitative estimate of drug-likeness (QED) is 0.294. The number of benzene rings is 2.